The molecule has 13 aliphatic carbocycles. The first-order valence-corrected chi connectivity index (χ1v) is 46.9. The molecule has 0 aromatic carbocycles. The van der Waals surface area contributed by atoms with Crippen molar-refractivity contribution in [3.05, 3.63) is 174 Å². The molecule has 33 heteroatoms. The fourth-order valence-electron chi connectivity index (χ4n) is 23.1. The van der Waals surface area contributed by atoms with Gasteiger partial charge < -0.3 is 45.6 Å². The molecule has 0 aliphatic heterocycles. The minimum absolute atomic E-state index is 0.0545. The highest BCUT2D eigenvalue weighted by Crippen LogP contribution is 2.56. The van der Waals surface area contributed by atoms with Crippen molar-refractivity contribution in [3.8, 4) is 56.4 Å². The van der Waals surface area contributed by atoms with E-state index in [9.17, 15) is 0 Å². The molecule has 13 saturated carbocycles. The number of fused-ring (bicyclic) bond motifs is 16. The van der Waals surface area contributed by atoms with Crippen LogP contribution in [0.15, 0.2) is 72.4 Å². The molecular weight excluding hydrogens is 1740 g/mol. The number of anilines is 4. The first-order valence-electron chi connectivity index (χ1n) is 45.4. The highest BCUT2D eigenvalue weighted by atomic mass is 35.5. The molecule has 26 rings (SSSR count). The van der Waals surface area contributed by atoms with Gasteiger partial charge in [-0.3, -0.25) is 0 Å². The maximum Gasteiger partial charge on any atom is 0.226 e. The SMILES string of the molecule is [C-]#[N+]c1c(-c2c[nH]c3ncc(Cl)nc23)nc(N[C@@H]2C3CCC(CC3)[C@H]2C)c(F)c1C(C)C.[C-]#[N+]c1c(-c2c[nH]c3ncc(Cl)nc23)nc(N[C@@H]2C3CCC(CC3)[C@H]2C)c(F)c1C1CC1.[C-]#[N+]c1c(-c2c[nH]c3ncc(Cl)nc23)nc(N[C@H]2C3CCC(CC3)[C@@H]2C)c(F)c1-c1ccco1.[C-]#[N+]c1c(-c2c[nH]c3ncc(Cl)nc23)nc(N[C@H]2C3CCC(CC3)[C@@H]2C)c(F)c1C(C)C. The van der Waals surface area contributed by atoms with Crippen molar-refractivity contribution in [3.63, 3.8) is 0 Å². The largest absolute Gasteiger partial charge is 0.466 e. The molecule has 130 heavy (non-hydrogen) atoms. The van der Waals surface area contributed by atoms with E-state index in [-0.39, 0.29) is 126 Å². The summed E-state index contributed by atoms with van der Waals surface area (Å²) in [4.78, 5) is 80.5. The Hall–Kier alpha value is -11.6. The summed E-state index contributed by atoms with van der Waals surface area (Å²) in [5.41, 5.74) is 10.2. The van der Waals surface area contributed by atoms with Crippen molar-refractivity contribution in [2.45, 2.75) is 213 Å². The van der Waals surface area contributed by atoms with Crippen LogP contribution < -0.4 is 21.3 Å². The summed E-state index contributed by atoms with van der Waals surface area (Å²) >= 11 is 24.4. The standard InChI is InChI=1S/C25H22ClFN6O.C24H24ClFN6.2C24H26ClFN6/c1-12-13-5-7-14(8-6-13)20(12)32-24-19(27)18(16-4-3-9-34-16)23(28-2)21(33-24)15-10-29-25-22(15)31-17(26)11-30-25;1-11-12-3-7-14(8-4-12)19(11)31-23-18(26)17(13-5-6-13)22(27-2)20(32-23)15-9-28-24-21(15)30-16(25)10-29-24;2*1-11(2)17-18(26)23(31-19-12(3)13-5-7-14(19)8-6-13)32-20(22(17)27-4)15-9-28-24-21(15)30-16(25)10-29-24/h3-4,9-14,20H,5-8H2,1H3,(H,29,30)(H,32,33);9-14,19H,3-8H2,1H3,(H,28,29)(H,31,32);2*9-14,19H,5-8H2,1-3H3,(H,28,29)(H,31,32)/t12-,13?,14?,20+;11-,12?,14?,19+;2*12-,13?,14?,19+/m0110/s1. The molecule has 13 heterocycles. The van der Waals surface area contributed by atoms with Crippen LogP contribution in [0.3, 0.4) is 0 Å². The number of aromatic nitrogens is 16. The van der Waals surface area contributed by atoms with Crippen molar-refractivity contribution >= 4 is 137 Å². The lowest BCUT2D eigenvalue weighted by Crippen LogP contribution is -2.47. The molecular formula is C97H98Cl4F4N24O. The van der Waals surface area contributed by atoms with Gasteiger partial charge in [-0.15, -0.1) is 0 Å². The molecule has 25 nitrogen and oxygen atoms in total. The average Bonchev–Trinajstić information content (AvgIpc) is 1.59. The summed E-state index contributed by atoms with van der Waals surface area (Å²) in [7, 11) is 0. The molecule has 13 fully saturated rings. The van der Waals surface area contributed by atoms with Gasteiger partial charge in [-0.25, -0.2) is 96.7 Å². The Morgan fingerprint density at radius 1 is 0.369 bits per heavy atom. The van der Waals surface area contributed by atoms with Gasteiger partial charge in [0.2, 0.25) is 22.7 Å². The van der Waals surface area contributed by atoms with E-state index in [0.29, 0.717) is 177 Å². The van der Waals surface area contributed by atoms with Gasteiger partial charge in [-0.05, 0) is 216 Å². The molecule has 13 aliphatic rings. The van der Waals surface area contributed by atoms with Gasteiger partial charge in [0.05, 0.1) is 85.7 Å². The van der Waals surface area contributed by atoms with E-state index >= 15 is 17.6 Å². The van der Waals surface area contributed by atoms with Crippen molar-refractivity contribution in [1.29, 1.82) is 0 Å². The molecule has 13 aromatic rings. The van der Waals surface area contributed by atoms with Crippen molar-refractivity contribution in [1.82, 2.24) is 79.7 Å². The Morgan fingerprint density at radius 2 is 0.646 bits per heavy atom. The third-order valence-corrected chi connectivity index (χ3v) is 30.8. The van der Waals surface area contributed by atoms with Gasteiger partial charge in [-0.2, -0.15) is 0 Å². The molecule has 8 atom stereocenters. The van der Waals surface area contributed by atoms with E-state index in [4.69, 9.17) is 82.1 Å². The quantitative estimate of drug-likeness (QED) is 0.0329. The van der Waals surface area contributed by atoms with E-state index in [1.807, 2.05) is 27.7 Å². The number of furan rings is 1. The monoisotopic (exact) mass is 1830 g/mol. The summed E-state index contributed by atoms with van der Waals surface area (Å²) in [6, 6.07) is 4.04. The first kappa shape index (κ1) is 87.7. The zero-order chi connectivity index (χ0) is 90.5. The topological polar surface area (TPSA) is 297 Å². The van der Waals surface area contributed by atoms with Crippen molar-refractivity contribution in [2.24, 2.45) is 71.0 Å². The Morgan fingerprint density at radius 3 is 0.915 bits per heavy atom. The van der Waals surface area contributed by atoms with Crippen LogP contribution in [-0.2, 0) is 0 Å². The van der Waals surface area contributed by atoms with Gasteiger partial charge in [0.1, 0.15) is 48.4 Å². The Labute approximate surface area is 769 Å². The molecule has 668 valence electrons. The maximum absolute atomic E-state index is 16.0. The zero-order valence-electron chi connectivity index (χ0n) is 73.1. The van der Waals surface area contributed by atoms with Crippen LogP contribution in [-0.4, -0.2) is 104 Å². The summed E-state index contributed by atoms with van der Waals surface area (Å²) in [5.74, 6) is 5.65. The number of nitrogens with zero attached hydrogens (tertiary/aromatic N) is 16. The summed E-state index contributed by atoms with van der Waals surface area (Å²) in [6.07, 6.45) is 35.3. The highest BCUT2D eigenvalue weighted by molar-refractivity contribution is 6.30. The molecule has 0 radical (unpaired) electrons. The Kier molecular flexibility index (Phi) is 24.2. The van der Waals surface area contributed by atoms with Crippen LogP contribution >= 0.6 is 46.4 Å². The third-order valence-electron chi connectivity index (χ3n) is 30.1. The minimum Gasteiger partial charge on any atom is -0.466 e. The second-order valence-corrected chi connectivity index (χ2v) is 39.2. The average molecular weight is 1830 g/mol. The van der Waals surface area contributed by atoms with Gasteiger partial charge in [-0.1, -0.05) is 102 Å². The van der Waals surface area contributed by atoms with E-state index in [1.54, 1.807) is 36.9 Å². The fourth-order valence-corrected chi connectivity index (χ4v) is 23.7. The number of H-pyrrole nitrogens is 4. The summed E-state index contributed by atoms with van der Waals surface area (Å²) in [5, 5.41) is 14.9. The number of hydrogen-bond donors (Lipinski definition) is 8. The van der Waals surface area contributed by atoms with Gasteiger partial charge in [0, 0.05) is 87.9 Å². The van der Waals surface area contributed by atoms with Crippen LogP contribution in [0.2, 0.25) is 20.6 Å². The first-order chi connectivity index (χ1) is 62.9. The number of pyridine rings is 4. The fraction of sp³-hybridized carbons (Fsp3) is 0.464. The van der Waals surface area contributed by atoms with Crippen molar-refractivity contribution < 1.29 is 22.0 Å². The van der Waals surface area contributed by atoms with Crippen LogP contribution in [0.4, 0.5) is 63.6 Å². The normalized spacial score (nSPS) is 25.1. The molecule has 0 spiro atoms. The molecule has 0 saturated heterocycles. The van der Waals surface area contributed by atoms with Gasteiger partial charge in [0.15, 0.2) is 69.1 Å². The van der Waals surface area contributed by atoms with E-state index in [1.165, 1.54) is 121 Å². The smallest absolute Gasteiger partial charge is 0.226 e. The van der Waals surface area contributed by atoms with Crippen molar-refractivity contribution in [2.75, 3.05) is 21.3 Å². The maximum atomic E-state index is 16.0. The second-order valence-electron chi connectivity index (χ2n) is 37.7. The number of rotatable bonds is 16. The predicted molar refractivity (Wildman–Crippen MR) is 499 cm³/mol. The van der Waals surface area contributed by atoms with E-state index < -0.39 is 17.5 Å². The lowest BCUT2D eigenvalue weighted by atomic mass is 9.62. The van der Waals surface area contributed by atoms with Gasteiger partial charge in [0.25, 0.3) is 0 Å². The predicted octanol–water partition coefficient (Wildman–Crippen LogP) is 26.8. The lowest BCUT2D eigenvalue weighted by Gasteiger charge is -2.47. The summed E-state index contributed by atoms with van der Waals surface area (Å²) < 4.78 is 68.9. The van der Waals surface area contributed by atoms with Crippen LogP contribution in [0, 0.1) is 121 Å². The minimum atomic E-state index is -0.581. The van der Waals surface area contributed by atoms with Crippen LogP contribution in [0.5, 0.6) is 0 Å². The highest BCUT2D eigenvalue weighted by Gasteiger charge is 2.48. The van der Waals surface area contributed by atoms with Gasteiger partial charge >= 0.3 is 0 Å². The molecule has 0 unspecified atom stereocenters. The molecule has 0 amide bonds. The Balaban J connectivity index is 0.000000112. The zero-order valence-corrected chi connectivity index (χ0v) is 76.2. The third kappa shape index (κ3) is 16.1. The molecule has 13 aromatic heterocycles. The van der Waals surface area contributed by atoms with Crippen LogP contribution in [0.1, 0.15) is 205 Å². The lowest BCUT2D eigenvalue weighted by molar-refractivity contribution is 0.0926. The number of hydrogen-bond acceptors (Lipinski definition) is 17. The molecule has 8 bridgehead atoms. The second kappa shape index (κ2) is 35.9. The number of aromatic amines is 4. The Bertz CT molecular complexity index is 6250. The van der Waals surface area contributed by atoms with E-state index in [2.05, 4.69) is 143 Å². The summed E-state index contributed by atoms with van der Waals surface area (Å²) in [6.45, 7) is 48.0. The number of nitrogens with one attached hydrogen (secondary N) is 8. The number of halogens is 8. The van der Waals surface area contributed by atoms with Crippen LogP contribution in [0.25, 0.3) is 120 Å². The van der Waals surface area contributed by atoms with E-state index in [0.717, 1.165) is 25.7 Å². The molecule has 8 N–H and O–H groups in total.